The minimum Gasteiger partial charge on any atom is -0.461 e. The van der Waals surface area contributed by atoms with E-state index in [4.69, 9.17) is 9.47 Å². The van der Waals surface area contributed by atoms with E-state index in [1.54, 1.807) is 0 Å². The molecule has 3 heterocycles. The first-order valence-corrected chi connectivity index (χ1v) is 13.4. The molecule has 1 atom stereocenters. The number of aromatic nitrogens is 1. The van der Waals surface area contributed by atoms with E-state index in [0.29, 0.717) is 18.2 Å². The van der Waals surface area contributed by atoms with Crippen molar-refractivity contribution in [2.75, 3.05) is 13.2 Å². The lowest BCUT2D eigenvalue weighted by Gasteiger charge is -2.35. The Labute approximate surface area is 188 Å². The second kappa shape index (κ2) is 7.60. The van der Waals surface area contributed by atoms with Crippen molar-refractivity contribution in [2.24, 2.45) is 4.99 Å². The van der Waals surface area contributed by atoms with E-state index in [1.807, 2.05) is 13.0 Å². The molecule has 1 aliphatic carbocycles. The van der Waals surface area contributed by atoms with E-state index < -0.39 is 5.54 Å². The van der Waals surface area contributed by atoms with Crippen molar-refractivity contribution in [3.8, 4) is 0 Å². The summed E-state index contributed by atoms with van der Waals surface area (Å²) < 4.78 is 13.4. The standard InChI is InChI=1S/C23H26N2O4SSi/c1-4-28-19(26)18-12-16-11-14(15-7-10-29-22(2,3)13-15)5-6-17(16)25(18)23(8-9-23)20-24-21(27)31-30-20/h5-6,11-12,15H,4,7-10,13H2,1-3H3. The second-order valence-corrected chi connectivity index (χ2v) is 11.6. The van der Waals surface area contributed by atoms with Crippen molar-refractivity contribution in [1.29, 1.82) is 0 Å². The fourth-order valence-corrected chi connectivity index (χ4v) is 7.33. The number of amides is 1. The summed E-state index contributed by atoms with van der Waals surface area (Å²) in [6.07, 6.45) is 3.73. The van der Waals surface area contributed by atoms with E-state index >= 15 is 0 Å². The zero-order valence-corrected chi connectivity index (χ0v) is 19.9. The zero-order chi connectivity index (χ0) is 21.8. The number of nitrogens with zero attached hydrogens (tertiary/aromatic N) is 2. The van der Waals surface area contributed by atoms with Gasteiger partial charge in [0.15, 0.2) is 0 Å². The van der Waals surface area contributed by atoms with Gasteiger partial charge >= 0.3 is 5.97 Å². The average Bonchev–Trinajstić information content (AvgIpc) is 3.24. The summed E-state index contributed by atoms with van der Waals surface area (Å²) >= 11 is 1.53. The first-order chi connectivity index (χ1) is 14.8. The molecule has 6 nitrogen and oxygen atoms in total. The van der Waals surface area contributed by atoms with Crippen molar-refractivity contribution in [3.05, 3.63) is 35.5 Å². The molecule has 1 saturated heterocycles. The van der Waals surface area contributed by atoms with Gasteiger partial charge in [-0.15, -0.1) is 11.2 Å². The van der Waals surface area contributed by atoms with Crippen LogP contribution in [-0.2, 0) is 15.0 Å². The maximum Gasteiger partial charge on any atom is 0.355 e. The topological polar surface area (TPSA) is 69.9 Å². The van der Waals surface area contributed by atoms with Crippen molar-refractivity contribution in [3.63, 3.8) is 0 Å². The molecule has 0 bridgehead atoms. The Morgan fingerprint density at radius 3 is 2.81 bits per heavy atom. The Hall–Kier alpha value is -1.90. The third-order valence-electron chi connectivity index (χ3n) is 6.47. The summed E-state index contributed by atoms with van der Waals surface area (Å²) in [6, 6.07) is 8.48. The SMILES string of the molecule is CCOC(=O)c1cc2cc(C3CCOC(C)(C)C3)ccc2n1C1(C2=NC(=O)[Si]S2)CC1. The highest BCUT2D eigenvalue weighted by molar-refractivity contribution is 8.36. The van der Waals surface area contributed by atoms with Gasteiger partial charge in [0.25, 0.3) is 8.67 Å². The van der Waals surface area contributed by atoms with Gasteiger partial charge in [-0.1, -0.05) is 6.07 Å². The zero-order valence-electron chi connectivity index (χ0n) is 18.1. The number of aliphatic imine (C=N–C) groups is 1. The van der Waals surface area contributed by atoms with E-state index in [9.17, 15) is 9.59 Å². The summed E-state index contributed by atoms with van der Waals surface area (Å²) in [5.41, 5.74) is 2.25. The average molecular weight is 455 g/mol. The second-order valence-electron chi connectivity index (χ2n) is 9.16. The van der Waals surface area contributed by atoms with E-state index in [-0.39, 0.29) is 25.8 Å². The highest BCUT2D eigenvalue weighted by atomic mass is 32.4. The number of ether oxygens (including phenoxy) is 2. The molecule has 2 aliphatic heterocycles. The van der Waals surface area contributed by atoms with Crippen LogP contribution in [0.2, 0.25) is 0 Å². The molecule has 2 fully saturated rings. The smallest absolute Gasteiger partial charge is 0.355 e. The molecular formula is C23H26N2O4SSi. The molecular weight excluding hydrogens is 428 g/mol. The van der Waals surface area contributed by atoms with Gasteiger partial charge < -0.3 is 14.0 Å². The normalized spacial score (nSPS) is 24.3. The molecule has 2 radical (unpaired) electrons. The Bertz CT molecular complexity index is 1100. The molecule has 1 unspecified atom stereocenters. The van der Waals surface area contributed by atoms with Crippen molar-refractivity contribution in [1.82, 2.24) is 4.57 Å². The summed E-state index contributed by atoms with van der Waals surface area (Å²) in [6.45, 7) is 7.20. The molecule has 8 heteroatoms. The maximum absolute atomic E-state index is 12.9. The fraction of sp³-hybridized carbons (Fsp3) is 0.522. The Morgan fingerprint density at radius 2 is 2.16 bits per heavy atom. The van der Waals surface area contributed by atoms with Crippen LogP contribution in [0.3, 0.4) is 0 Å². The van der Waals surface area contributed by atoms with Gasteiger partial charge in [0.2, 0.25) is 5.53 Å². The van der Waals surface area contributed by atoms with E-state index in [0.717, 1.165) is 48.2 Å². The van der Waals surface area contributed by atoms with Crippen LogP contribution < -0.4 is 0 Å². The van der Waals surface area contributed by atoms with E-state index in [1.165, 1.54) is 16.8 Å². The van der Waals surface area contributed by atoms with Crippen LogP contribution in [0.1, 0.15) is 68.4 Å². The number of hydrogen-bond acceptors (Lipinski definition) is 5. The van der Waals surface area contributed by atoms with Crippen LogP contribution >= 0.6 is 11.2 Å². The molecule has 0 N–H and O–H groups in total. The molecule has 1 aromatic heterocycles. The summed E-state index contributed by atoms with van der Waals surface area (Å²) in [5.74, 6) is 0.113. The quantitative estimate of drug-likeness (QED) is 0.476. The van der Waals surface area contributed by atoms with Crippen molar-refractivity contribution >= 4 is 47.3 Å². The Morgan fingerprint density at radius 1 is 1.35 bits per heavy atom. The van der Waals surface area contributed by atoms with Gasteiger partial charge in [0.1, 0.15) is 5.69 Å². The molecule has 1 aromatic carbocycles. The van der Waals surface area contributed by atoms with Crippen LogP contribution in [0.15, 0.2) is 29.3 Å². The molecule has 5 rings (SSSR count). The first-order valence-electron chi connectivity index (χ1n) is 10.9. The minimum atomic E-state index is -0.393. The van der Waals surface area contributed by atoms with Gasteiger partial charge in [-0.3, -0.25) is 4.79 Å². The summed E-state index contributed by atoms with van der Waals surface area (Å²) in [4.78, 5) is 29.0. The summed E-state index contributed by atoms with van der Waals surface area (Å²) in [5, 5.41) is 1.88. The minimum absolute atomic E-state index is 0.0650. The maximum atomic E-state index is 12.9. The van der Waals surface area contributed by atoms with Gasteiger partial charge in [0.05, 0.1) is 22.8 Å². The third-order valence-corrected chi connectivity index (χ3v) is 8.93. The third kappa shape index (κ3) is 3.68. The molecule has 3 aliphatic rings. The number of rotatable bonds is 5. The van der Waals surface area contributed by atoms with Crippen molar-refractivity contribution in [2.45, 2.75) is 63.5 Å². The number of carbonyl (C=O) groups is 2. The van der Waals surface area contributed by atoms with Gasteiger partial charge in [-0.2, -0.15) is 0 Å². The number of hydrogen-bond donors (Lipinski definition) is 0. The number of benzene rings is 1. The lowest BCUT2D eigenvalue weighted by atomic mass is 9.83. The highest BCUT2D eigenvalue weighted by Crippen LogP contribution is 2.51. The number of carbonyl (C=O) groups excluding carboxylic acids is 2. The fourth-order valence-electron chi connectivity index (χ4n) is 4.90. The lowest BCUT2D eigenvalue weighted by Crippen LogP contribution is -2.33. The molecule has 1 saturated carbocycles. The largest absolute Gasteiger partial charge is 0.461 e. The van der Waals surface area contributed by atoms with Crippen LogP contribution in [0.4, 0.5) is 4.79 Å². The monoisotopic (exact) mass is 454 g/mol. The van der Waals surface area contributed by atoms with Gasteiger partial charge in [-0.05, 0) is 76.1 Å². The molecule has 2 aromatic rings. The van der Waals surface area contributed by atoms with Crippen LogP contribution in [-0.4, -0.2) is 48.6 Å². The van der Waals surface area contributed by atoms with Crippen molar-refractivity contribution < 1.29 is 19.1 Å². The Balaban J connectivity index is 1.61. The van der Waals surface area contributed by atoms with Gasteiger partial charge in [-0.25, -0.2) is 9.79 Å². The molecule has 162 valence electrons. The lowest BCUT2D eigenvalue weighted by molar-refractivity contribution is -0.0592. The van der Waals surface area contributed by atoms with Crippen LogP contribution in [0, 0.1) is 0 Å². The molecule has 31 heavy (non-hydrogen) atoms. The predicted molar refractivity (Wildman–Crippen MR) is 123 cm³/mol. The van der Waals surface area contributed by atoms with Crippen LogP contribution in [0.5, 0.6) is 0 Å². The highest BCUT2D eigenvalue weighted by Gasteiger charge is 2.53. The molecule has 1 amide bonds. The molecule has 0 spiro atoms. The van der Waals surface area contributed by atoms with Crippen LogP contribution in [0.25, 0.3) is 10.9 Å². The Kier molecular flexibility index (Phi) is 5.14. The predicted octanol–water partition coefficient (Wildman–Crippen LogP) is 4.86. The van der Waals surface area contributed by atoms with Gasteiger partial charge in [0, 0.05) is 17.5 Å². The summed E-state index contributed by atoms with van der Waals surface area (Å²) in [7, 11) is 0.127. The first kappa shape index (κ1) is 21.0. The van der Waals surface area contributed by atoms with E-state index in [2.05, 4.69) is 41.6 Å². The number of esters is 1. The number of fused-ring (bicyclic) bond motifs is 1.